The molecule has 1 aromatic rings. The molecule has 1 aromatic heterocycles. The fourth-order valence-corrected chi connectivity index (χ4v) is 2.66. The second-order valence-corrected chi connectivity index (χ2v) is 5.39. The molecular weight excluding hydrogens is 262 g/mol. The first-order chi connectivity index (χ1) is 9.26. The van der Waals surface area contributed by atoms with Gasteiger partial charge in [-0.05, 0) is 31.9 Å². The molecule has 0 radical (unpaired) electrons. The normalized spacial score (nSPS) is 19.5. The standard InChI is InChI=1S/C13H21N3O2S/c1-3-18-12-7-11(14-13(15-12)19-2)16-6-4-5-10(8-16)9-17/h7,10,17H,3-6,8-9H2,1-2H3/t10-/m0/s1. The van der Waals surface area contributed by atoms with E-state index in [1.165, 1.54) is 11.8 Å². The molecule has 19 heavy (non-hydrogen) atoms. The van der Waals surface area contributed by atoms with E-state index in [2.05, 4.69) is 14.9 Å². The highest BCUT2D eigenvalue weighted by molar-refractivity contribution is 7.98. The van der Waals surface area contributed by atoms with E-state index in [9.17, 15) is 5.11 Å². The van der Waals surface area contributed by atoms with E-state index in [1.807, 2.05) is 19.2 Å². The number of aliphatic hydroxyl groups is 1. The minimum Gasteiger partial charge on any atom is -0.478 e. The summed E-state index contributed by atoms with van der Waals surface area (Å²) in [6.07, 6.45) is 4.14. The van der Waals surface area contributed by atoms with Crippen molar-refractivity contribution in [2.24, 2.45) is 5.92 Å². The molecular formula is C13H21N3O2S. The zero-order valence-corrected chi connectivity index (χ0v) is 12.3. The highest BCUT2D eigenvalue weighted by Gasteiger charge is 2.21. The summed E-state index contributed by atoms with van der Waals surface area (Å²) in [7, 11) is 0. The van der Waals surface area contributed by atoms with Crippen molar-refractivity contribution in [1.29, 1.82) is 0 Å². The van der Waals surface area contributed by atoms with Gasteiger partial charge in [0.25, 0.3) is 0 Å². The van der Waals surface area contributed by atoms with Gasteiger partial charge >= 0.3 is 0 Å². The Morgan fingerprint density at radius 2 is 2.37 bits per heavy atom. The molecule has 106 valence electrons. The lowest BCUT2D eigenvalue weighted by Crippen LogP contribution is -2.37. The Kier molecular flexibility index (Phi) is 5.27. The Balaban J connectivity index is 2.19. The van der Waals surface area contributed by atoms with E-state index >= 15 is 0 Å². The molecule has 0 aromatic carbocycles. The van der Waals surface area contributed by atoms with Crippen molar-refractivity contribution in [2.45, 2.75) is 24.9 Å². The van der Waals surface area contributed by atoms with Gasteiger partial charge in [-0.25, -0.2) is 4.98 Å². The van der Waals surface area contributed by atoms with Crippen LogP contribution in [-0.2, 0) is 0 Å². The van der Waals surface area contributed by atoms with Crippen LogP contribution in [0.2, 0.25) is 0 Å². The van der Waals surface area contributed by atoms with Gasteiger partial charge in [0.2, 0.25) is 5.88 Å². The summed E-state index contributed by atoms with van der Waals surface area (Å²) in [5.74, 6) is 1.88. The fourth-order valence-electron chi connectivity index (χ4n) is 2.29. The third kappa shape index (κ3) is 3.73. The molecule has 0 bridgehead atoms. The van der Waals surface area contributed by atoms with Crippen LogP contribution >= 0.6 is 11.8 Å². The molecule has 2 rings (SSSR count). The number of thioether (sulfide) groups is 1. The van der Waals surface area contributed by atoms with Crippen molar-refractivity contribution in [3.8, 4) is 5.88 Å². The van der Waals surface area contributed by atoms with Crippen molar-refractivity contribution in [3.63, 3.8) is 0 Å². The lowest BCUT2D eigenvalue weighted by Gasteiger charge is -2.32. The van der Waals surface area contributed by atoms with Gasteiger partial charge in [-0.15, -0.1) is 0 Å². The van der Waals surface area contributed by atoms with Gasteiger partial charge in [-0.3, -0.25) is 0 Å². The minimum atomic E-state index is 0.245. The molecule has 5 nitrogen and oxygen atoms in total. The van der Waals surface area contributed by atoms with Gasteiger partial charge in [-0.1, -0.05) is 11.8 Å². The smallest absolute Gasteiger partial charge is 0.219 e. The minimum absolute atomic E-state index is 0.245. The number of piperidine rings is 1. The van der Waals surface area contributed by atoms with E-state index in [1.54, 1.807) is 0 Å². The highest BCUT2D eigenvalue weighted by atomic mass is 32.2. The van der Waals surface area contributed by atoms with Crippen LogP contribution in [0.3, 0.4) is 0 Å². The third-order valence-corrected chi connectivity index (χ3v) is 3.79. The molecule has 0 spiro atoms. The molecule has 6 heteroatoms. The van der Waals surface area contributed by atoms with Crippen LogP contribution in [0.15, 0.2) is 11.2 Å². The van der Waals surface area contributed by atoms with Gasteiger partial charge < -0.3 is 14.7 Å². The zero-order chi connectivity index (χ0) is 13.7. The monoisotopic (exact) mass is 283 g/mol. The quantitative estimate of drug-likeness (QED) is 0.657. The van der Waals surface area contributed by atoms with E-state index in [0.29, 0.717) is 18.4 Å². The topological polar surface area (TPSA) is 58.5 Å². The van der Waals surface area contributed by atoms with Crippen LogP contribution in [0, 0.1) is 5.92 Å². The average molecular weight is 283 g/mol. The van der Waals surface area contributed by atoms with Crippen LogP contribution in [0.4, 0.5) is 5.82 Å². The molecule has 1 aliphatic rings. The first-order valence-electron chi connectivity index (χ1n) is 6.68. The largest absolute Gasteiger partial charge is 0.478 e. The second kappa shape index (κ2) is 6.96. The van der Waals surface area contributed by atoms with Gasteiger partial charge in [0.05, 0.1) is 6.61 Å². The van der Waals surface area contributed by atoms with Crippen LogP contribution in [0.5, 0.6) is 5.88 Å². The van der Waals surface area contributed by atoms with Crippen molar-refractivity contribution in [2.75, 3.05) is 37.5 Å². The molecule has 0 saturated carbocycles. The Labute approximate surface area is 118 Å². The maximum absolute atomic E-state index is 9.31. The number of aromatic nitrogens is 2. The van der Waals surface area contributed by atoms with E-state index < -0.39 is 0 Å². The van der Waals surface area contributed by atoms with Crippen molar-refractivity contribution in [1.82, 2.24) is 9.97 Å². The van der Waals surface area contributed by atoms with Crippen molar-refractivity contribution in [3.05, 3.63) is 6.07 Å². The van der Waals surface area contributed by atoms with Crippen LogP contribution < -0.4 is 9.64 Å². The number of ether oxygens (including phenoxy) is 1. The summed E-state index contributed by atoms with van der Waals surface area (Å²) >= 11 is 1.52. The van der Waals surface area contributed by atoms with E-state index in [0.717, 1.165) is 36.9 Å². The Morgan fingerprint density at radius 3 is 3.05 bits per heavy atom. The maximum atomic E-state index is 9.31. The van der Waals surface area contributed by atoms with Crippen LogP contribution in [0.25, 0.3) is 0 Å². The zero-order valence-electron chi connectivity index (χ0n) is 11.5. The maximum Gasteiger partial charge on any atom is 0.219 e. The summed E-state index contributed by atoms with van der Waals surface area (Å²) in [6.45, 7) is 4.63. The molecule has 0 unspecified atom stereocenters. The third-order valence-electron chi connectivity index (χ3n) is 3.24. The molecule has 0 amide bonds. The molecule has 2 heterocycles. The number of anilines is 1. The number of hydrogen-bond donors (Lipinski definition) is 1. The number of rotatable bonds is 5. The highest BCUT2D eigenvalue weighted by Crippen LogP contribution is 2.26. The van der Waals surface area contributed by atoms with E-state index in [-0.39, 0.29) is 6.61 Å². The van der Waals surface area contributed by atoms with Gasteiger partial charge in [-0.2, -0.15) is 4.98 Å². The molecule has 1 atom stereocenters. The average Bonchev–Trinajstić information content (AvgIpc) is 2.47. The fraction of sp³-hybridized carbons (Fsp3) is 0.692. The molecule has 1 aliphatic heterocycles. The Hall–Kier alpha value is -1.01. The Morgan fingerprint density at radius 1 is 1.53 bits per heavy atom. The Bertz CT molecular complexity index is 417. The molecule has 1 saturated heterocycles. The number of nitrogens with zero attached hydrogens (tertiary/aromatic N) is 3. The SMILES string of the molecule is CCOc1cc(N2CCC[C@H](CO)C2)nc(SC)n1. The predicted molar refractivity (Wildman–Crippen MR) is 77.0 cm³/mol. The lowest BCUT2D eigenvalue weighted by atomic mass is 9.99. The predicted octanol–water partition coefficient (Wildman–Crippen LogP) is 1.81. The number of hydrogen-bond acceptors (Lipinski definition) is 6. The van der Waals surface area contributed by atoms with Crippen LogP contribution in [-0.4, -0.2) is 47.6 Å². The van der Waals surface area contributed by atoms with Gasteiger partial charge in [0.15, 0.2) is 5.16 Å². The lowest BCUT2D eigenvalue weighted by molar-refractivity contribution is 0.208. The van der Waals surface area contributed by atoms with Crippen LogP contribution in [0.1, 0.15) is 19.8 Å². The summed E-state index contributed by atoms with van der Waals surface area (Å²) in [5, 5.41) is 10.0. The molecule has 1 N–H and O–H groups in total. The number of aliphatic hydroxyl groups excluding tert-OH is 1. The first kappa shape index (κ1) is 14.4. The van der Waals surface area contributed by atoms with Gasteiger partial charge in [0.1, 0.15) is 5.82 Å². The summed E-state index contributed by atoms with van der Waals surface area (Å²) in [5.41, 5.74) is 0. The molecule has 1 fully saturated rings. The summed E-state index contributed by atoms with van der Waals surface area (Å²) in [6, 6.07) is 1.89. The van der Waals surface area contributed by atoms with Crippen molar-refractivity contribution >= 4 is 17.6 Å². The summed E-state index contributed by atoms with van der Waals surface area (Å²) in [4.78, 5) is 11.1. The van der Waals surface area contributed by atoms with Crippen molar-refractivity contribution < 1.29 is 9.84 Å². The first-order valence-corrected chi connectivity index (χ1v) is 7.91. The van der Waals surface area contributed by atoms with E-state index in [4.69, 9.17) is 4.74 Å². The molecule has 0 aliphatic carbocycles. The summed E-state index contributed by atoms with van der Waals surface area (Å²) < 4.78 is 5.49. The second-order valence-electron chi connectivity index (χ2n) is 4.62. The van der Waals surface area contributed by atoms with Gasteiger partial charge in [0, 0.05) is 25.8 Å².